The first-order valence-corrected chi connectivity index (χ1v) is 23.9. The van der Waals surface area contributed by atoms with Crippen LogP contribution < -0.4 is 5.32 Å². The van der Waals surface area contributed by atoms with E-state index >= 15 is 0 Å². The summed E-state index contributed by atoms with van der Waals surface area (Å²) in [7, 11) is 0. The summed E-state index contributed by atoms with van der Waals surface area (Å²) in [5.41, 5.74) is 0. The first kappa shape index (κ1) is 55.0. The zero-order valence-corrected chi connectivity index (χ0v) is 37.6. The highest BCUT2D eigenvalue weighted by Gasteiger charge is 2.24. The molecule has 0 aromatic carbocycles. The molecule has 0 spiro atoms. The second-order valence-electron chi connectivity index (χ2n) is 15.9. The summed E-state index contributed by atoms with van der Waals surface area (Å²) in [6, 6.07) is -0.727. The highest BCUT2D eigenvalue weighted by molar-refractivity contribution is 5.77. The van der Waals surface area contributed by atoms with E-state index in [0.29, 0.717) is 19.3 Å². The van der Waals surface area contributed by atoms with Crippen molar-refractivity contribution in [3.8, 4) is 0 Å². The van der Waals surface area contributed by atoms with Gasteiger partial charge in [0.2, 0.25) is 5.91 Å². The Bertz CT molecular complexity index is 1130. The van der Waals surface area contributed by atoms with Crippen LogP contribution in [0.4, 0.5) is 0 Å². The number of nitrogens with one attached hydrogen (secondary N) is 1. The lowest BCUT2D eigenvalue weighted by atomic mass is 10.0. The van der Waals surface area contributed by atoms with Gasteiger partial charge >= 0.3 is 5.97 Å². The summed E-state index contributed by atoms with van der Waals surface area (Å²) >= 11 is 0. The van der Waals surface area contributed by atoms with Gasteiger partial charge in [-0.05, 0) is 64.2 Å². The minimum Gasteiger partial charge on any atom is -0.462 e. The molecular formula is C52H89NO5. The van der Waals surface area contributed by atoms with Crippen LogP contribution in [-0.2, 0) is 14.3 Å². The summed E-state index contributed by atoms with van der Waals surface area (Å²) in [4.78, 5) is 26.0. The number of rotatable bonds is 41. The number of carbonyl (C=O) groups is 2. The number of hydrogen-bond acceptors (Lipinski definition) is 5. The molecule has 3 N–H and O–H groups in total. The number of hydrogen-bond donors (Lipinski definition) is 3. The van der Waals surface area contributed by atoms with E-state index in [-0.39, 0.29) is 24.9 Å². The summed E-state index contributed by atoms with van der Waals surface area (Å²) in [5.74, 6) is -0.578. The van der Waals surface area contributed by atoms with Crippen LogP contribution in [0.2, 0.25) is 0 Å². The molecule has 1 amide bonds. The molecule has 0 saturated heterocycles. The fraction of sp³-hybridized carbons (Fsp3) is 0.692. The average Bonchev–Trinajstić information content (AvgIpc) is 3.22. The largest absolute Gasteiger partial charge is 0.462 e. The van der Waals surface area contributed by atoms with Crippen molar-refractivity contribution in [2.45, 2.75) is 225 Å². The predicted molar refractivity (Wildman–Crippen MR) is 250 cm³/mol. The number of carbonyl (C=O) groups excluding carboxylic acids is 2. The van der Waals surface area contributed by atoms with Crippen molar-refractivity contribution in [3.63, 3.8) is 0 Å². The maximum Gasteiger partial charge on any atom is 0.306 e. The molecule has 0 bridgehead atoms. The van der Waals surface area contributed by atoms with Crippen LogP contribution in [0.25, 0.3) is 0 Å². The first-order valence-electron chi connectivity index (χ1n) is 23.9. The van der Waals surface area contributed by atoms with Crippen LogP contribution in [0, 0.1) is 0 Å². The number of aliphatic hydroxyl groups is 2. The van der Waals surface area contributed by atoms with E-state index in [1.54, 1.807) is 0 Å². The first-order chi connectivity index (χ1) is 28.5. The number of ether oxygens (including phenoxy) is 1. The molecule has 0 aliphatic rings. The molecule has 0 saturated carbocycles. The Balaban J connectivity index is 4.78. The van der Waals surface area contributed by atoms with Crippen molar-refractivity contribution in [1.29, 1.82) is 0 Å². The van der Waals surface area contributed by atoms with Gasteiger partial charge in [0.1, 0.15) is 6.10 Å². The Kier molecular flexibility index (Phi) is 42.8. The Morgan fingerprint density at radius 3 is 1.47 bits per heavy atom. The number of esters is 1. The summed E-state index contributed by atoms with van der Waals surface area (Å²) in [6.45, 7) is 6.28. The third kappa shape index (κ3) is 39.8. The fourth-order valence-electron chi connectivity index (χ4n) is 6.74. The zero-order chi connectivity index (χ0) is 42.4. The highest BCUT2D eigenvalue weighted by Crippen LogP contribution is 2.16. The molecule has 6 nitrogen and oxygen atoms in total. The lowest BCUT2D eigenvalue weighted by molar-refractivity contribution is -0.151. The molecule has 3 unspecified atom stereocenters. The fourth-order valence-corrected chi connectivity index (χ4v) is 6.74. The number of aliphatic hydroxyl groups excluding tert-OH is 2. The van der Waals surface area contributed by atoms with E-state index in [1.165, 1.54) is 89.9 Å². The van der Waals surface area contributed by atoms with Crippen molar-refractivity contribution in [2.75, 3.05) is 6.61 Å². The molecule has 3 atom stereocenters. The van der Waals surface area contributed by atoms with Crippen molar-refractivity contribution in [2.24, 2.45) is 0 Å². The smallest absolute Gasteiger partial charge is 0.306 e. The lowest BCUT2D eigenvalue weighted by Crippen LogP contribution is -2.46. The maximum absolute atomic E-state index is 13.1. The molecule has 6 heteroatoms. The standard InChI is InChI=1S/C52H89NO5/c1-4-7-10-13-16-19-22-24-26-28-30-33-36-39-42-45-52(57)58-48(43-40-37-34-31-29-27-25-23-20-17-14-11-8-5-2)46-51(56)53-49(47-54)50(55)44-41-38-35-32-21-18-15-12-9-6-3/h7,10,13,16,19,22,24,26-31,34,48-50,54-55H,4-6,8-9,11-12,14-15,17-18,20-21,23,25,32-33,35-47H2,1-3H3,(H,53,56)/b10-7+,16-13+,22-19-,26-24-,29-27+,30-28+,34-31+. The van der Waals surface area contributed by atoms with Crippen LogP contribution in [0.3, 0.4) is 0 Å². The van der Waals surface area contributed by atoms with E-state index in [9.17, 15) is 19.8 Å². The van der Waals surface area contributed by atoms with Crippen molar-refractivity contribution < 1.29 is 24.5 Å². The molecule has 0 rings (SSSR count). The number of unbranched alkanes of at least 4 members (excludes halogenated alkanes) is 20. The van der Waals surface area contributed by atoms with Crippen LogP contribution in [-0.4, -0.2) is 46.9 Å². The minimum atomic E-state index is -0.809. The highest BCUT2D eigenvalue weighted by atomic mass is 16.5. The summed E-state index contributed by atoms with van der Waals surface area (Å²) in [6.07, 6.45) is 57.9. The van der Waals surface area contributed by atoms with E-state index in [0.717, 1.165) is 70.6 Å². The molecule has 0 fully saturated rings. The van der Waals surface area contributed by atoms with Gasteiger partial charge in [-0.25, -0.2) is 0 Å². The second kappa shape index (κ2) is 45.1. The van der Waals surface area contributed by atoms with Gasteiger partial charge in [0.25, 0.3) is 0 Å². The van der Waals surface area contributed by atoms with Gasteiger partial charge in [-0.1, -0.05) is 215 Å². The summed E-state index contributed by atoms with van der Waals surface area (Å²) in [5, 5.41) is 23.6. The normalized spacial score (nSPS) is 14.1. The van der Waals surface area contributed by atoms with Crippen LogP contribution in [0.1, 0.15) is 207 Å². The molecule has 0 aromatic heterocycles. The van der Waals surface area contributed by atoms with Crippen LogP contribution in [0.15, 0.2) is 85.1 Å². The molecule has 0 aromatic rings. The van der Waals surface area contributed by atoms with Crippen LogP contribution >= 0.6 is 0 Å². The van der Waals surface area contributed by atoms with Gasteiger partial charge in [0.05, 0.1) is 25.2 Å². The van der Waals surface area contributed by atoms with E-state index in [1.807, 2.05) is 42.5 Å². The zero-order valence-electron chi connectivity index (χ0n) is 37.6. The Morgan fingerprint density at radius 2 is 0.948 bits per heavy atom. The quantitative estimate of drug-likeness (QED) is 0.0325. The second-order valence-corrected chi connectivity index (χ2v) is 15.9. The SMILES string of the molecule is CC/C=C/C=C/C=C\C=C/C=C/CCCCCC(=O)OC(CCC/C=C/C=C/CCCCCCCCC)CC(=O)NC(CO)C(O)CCCCCCCCCCCC. The molecule has 0 heterocycles. The van der Waals surface area contributed by atoms with Gasteiger partial charge in [-0.2, -0.15) is 0 Å². The third-order valence-electron chi connectivity index (χ3n) is 10.4. The lowest BCUT2D eigenvalue weighted by Gasteiger charge is -2.24. The third-order valence-corrected chi connectivity index (χ3v) is 10.4. The average molecular weight is 808 g/mol. The maximum atomic E-state index is 13.1. The van der Waals surface area contributed by atoms with Gasteiger partial charge < -0.3 is 20.3 Å². The number of allylic oxidation sites excluding steroid dienone is 14. The molecule has 58 heavy (non-hydrogen) atoms. The topological polar surface area (TPSA) is 95.9 Å². The van der Waals surface area contributed by atoms with Gasteiger partial charge in [0, 0.05) is 6.42 Å². The molecule has 0 aliphatic heterocycles. The van der Waals surface area contributed by atoms with Gasteiger partial charge in [-0.15, -0.1) is 0 Å². The Labute approximate surface area is 357 Å². The molecular weight excluding hydrogens is 719 g/mol. The predicted octanol–water partition coefficient (Wildman–Crippen LogP) is 14.0. The van der Waals surface area contributed by atoms with Crippen molar-refractivity contribution in [1.82, 2.24) is 5.32 Å². The van der Waals surface area contributed by atoms with E-state index in [4.69, 9.17) is 4.74 Å². The Hall–Kier alpha value is -2.96. The van der Waals surface area contributed by atoms with Gasteiger partial charge in [-0.3, -0.25) is 9.59 Å². The summed E-state index contributed by atoms with van der Waals surface area (Å²) < 4.78 is 5.87. The van der Waals surface area contributed by atoms with Crippen molar-refractivity contribution in [3.05, 3.63) is 85.1 Å². The molecule has 0 radical (unpaired) electrons. The molecule has 0 aliphatic carbocycles. The van der Waals surface area contributed by atoms with E-state index < -0.39 is 18.2 Å². The number of amides is 1. The van der Waals surface area contributed by atoms with E-state index in [2.05, 4.69) is 68.6 Å². The molecule has 332 valence electrons. The minimum absolute atomic E-state index is 0.0228. The van der Waals surface area contributed by atoms with Crippen molar-refractivity contribution >= 4 is 11.9 Å². The van der Waals surface area contributed by atoms with Crippen LogP contribution in [0.5, 0.6) is 0 Å². The Morgan fingerprint density at radius 1 is 0.517 bits per heavy atom. The monoisotopic (exact) mass is 808 g/mol. The van der Waals surface area contributed by atoms with Gasteiger partial charge in [0.15, 0.2) is 0 Å².